The van der Waals surface area contributed by atoms with Crippen LogP contribution < -0.4 is 10.2 Å². The number of carbonyl (C=O) groups is 1. The lowest BCUT2D eigenvalue weighted by Crippen LogP contribution is -2.48. The van der Waals surface area contributed by atoms with Crippen LogP contribution in [0.25, 0.3) is 11.1 Å². The number of thiocarbonyl (C=S) groups is 1. The maximum absolute atomic E-state index is 11.7. The van der Waals surface area contributed by atoms with Gasteiger partial charge in [0.15, 0.2) is 0 Å². The molecule has 6 nitrogen and oxygen atoms in total. The van der Waals surface area contributed by atoms with E-state index in [9.17, 15) is 4.79 Å². The fourth-order valence-electron chi connectivity index (χ4n) is 4.92. The molecule has 0 bridgehead atoms. The van der Waals surface area contributed by atoms with Gasteiger partial charge < -0.3 is 24.8 Å². The third kappa shape index (κ3) is 7.93. The molecule has 6 rings (SSSR count). The number of para-hydroxylation sites is 2. The lowest BCUT2D eigenvalue weighted by atomic mass is 10.0. The van der Waals surface area contributed by atoms with Gasteiger partial charge in [-0.2, -0.15) is 0 Å². The summed E-state index contributed by atoms with van der Waals surface area (Å²) in [5.41, 5.74) is 5.72. The Bertz CT molecular complexity index is 1370. The van der Waals surface area contributed by atoms with Crippen molar-refractivity contribution in [3.05, 3.63) is 121 Å². The number of nitrogens with zero attached hydrogens (tertiary/aromatic N) is 3. The average molecular weight is 565 g/mol. The molecule has 7 heteroatoms. The topological polar surface area (TPSA) is 48.1 Å². The fourth-order valence-corrected chi connectivity index (χ4v) is 5.23. The largest absolute Gasteiger partial charge is 0.378 e. The van der Waals surface area contributed by atoms with Gasteiger partial charge in [0, 0.05) is 56.2 Å². The highest BCUT2D eigenvalue weighted by atomic mass is 32.1. The van der Waals surface area contributed by atoms with Crippen LogP contribution in [-0.2, 0) is 4.74 Å². The van der Waals surface area contributed by atoms with E-state index in [4.69, 9.17) is 17.0 Å². The molecule has 0 spiro atoms. The van der Waals surface area contributed by atoms with E-state index in [0.717, 1.165) is 42.4 Å². The normalized spacial score (nSPS) is 15.0. The number of rotatable bonds is 4. The summed E-state index contributed by atoms with van der Waals surface area (Å²) in [6.07, 6.45) is 0. The van der Waals surface area contributed by atoms with Crippen LogP contribution in [0.15, 0.2) is 115 Å². The van der Waals surface area contributed by atoms with E-state index in [-0.39, 0.29) is 6.03 Å². The highest BCUT2D eigenvalue weighted by Crippen LogP contribution is 2.21. The quantitative estimate of drug-likeness (QED) is 0.291. The molecule has 0 aromatic heterocycles. The highest BCUT2D eigenvalue weighted by Gasteiger charge is 2.20. The van der Waals surface area contributed by atoms with Gasteiger partial charge in [-0.25, -0.2) is 4.79 Å². The molecular weight excluding hydrogens is 528 g/mol. The van der Waals surface area contributed by atoms with Gasteiger partial charge in [0.2, 0.25) is 0 Å². The summed E-state index contributed by atoms with van der Waals surface area (Å²) in [5, 5.41) is 2.84. The number of carbonyl (C=O) groups excluding carboxylic acids is 1. The van der Waals surface area contributed by atoms with E-state index in [0.29, 0.717) is 26.3 Å². The van der Waals surface area contributed by atoms with E-state index in [1.165, 1.54) is 16.8 Å². The van der Waals surface area contributed by atoms with Crippen molar-refractivity contribution in [3.8, 4) is 11.1 Å². The average Bonchev–Trinajstić information content (AvgIpc) is 3.06. The van der Waals surface area contributed by atoms with Crippen molar-refractivity contribution in [1.82, 2.24) is 9.80 Å². The number of urea groups is 1. The number of nitrogens with one attached hydrogen (secondary N) is 1. The second-order valence-electron chi connectivity index (χ2n) is 9.95. The third-order valence-electron chi connectivity index (χ3n) is 7.25. The summed E-state index contributed by atoms with van der Waals surface area (Å²) >= 11 is 5.76. The minimum atomic E-state index is -0.0514. The predicted molar refractivity (Wildman–Crippen MR) is 172 cm³/mol. The monoisotopic (exact) mass is 564 g/mol. The Morgan fingerprint density at radius 1 is 0.610 bits per heavy atom. The van der Waals surface area contributed by atoms with Gasteiger partial charge in [-0.1, -0.05) is 103 Å². The highest BCUT2D eigenvalue weighted by molar-refractivity contribution is 7.80. The number of morpholine rings is 1. The van der Waals surface area contributed by atoms with Gasteiger partial charge in [0.05, 0.1) is 13.2 Å². The van der Waals surface area contributed by atoms with Crippen molar-refractivity contribution in [2.24, 2.45) is 0 Å². The number of hydrogen-bond donors (Lipinski definition) is 1. The second kappa shape index (κ2) is 14.4. The Labute approximate surface area is 248 Å². The predicted octanol–water partition coefficient (Wildman–Crippen LogP) is 6.40. The Morgan fingerprint density at radius 3 is 1.76 bits per heavy atom. The first-order valence-corrected chi connectivity index (χ1v) is 14.5. The molecule has 0 radical (unpaired) electrons. The van der Waals surface area contributed by atoms with Crippen LogP contribution in [0.1, 0.15) is 5.56 Å². The molecule has 210 valence electrons. The molecule has 2 heterocycles. The van der Waals surface area contributed by atoms with Gasteiger partial charge in [0.25, 0.3) is 0 Å². The number of anilines is 2. The van der Waals surface area contributed by atoms with E-state index >= 15 is 0 Å². The SMILES string of the molecule is O=C(Nc1ccccc1)N1CCOCC1.S=C(c1ccc(-c2ccccc2)cc1)N1CCN(c2ccccc2)CC1. The maximum atomic E-state index is 11.7. The van der Waals surface area contributed by atoms with E-state index in [2.05, 4.69) is 94.0 Å². The number of hydrogen-bond acceptors (Lipinski definition) is 4. The van der Waals surface area contributed by atoms with Gasteiger partial charge in [-0.05, 0) is 35.4 Å². The van der Waals surface area contributed by atoms with Gasteiger partial charge in [-0.15, -0.1) is 0 Å². The van der Waals surface area contributed by atoms with Crippen LogP contribution in [0.3, 0.4) is 0 Å². The zero-order valence-electron chi connectivity index (χ0n) is 23.2. The zero-order chi connectivity index (χ0) is 28.3. The summed E-state index contributed by atoms with van der Waals surface area (Å²) < 4.78 is 5.18. The van der Waals surface area contributed by atoms with Crippen molar-refractivity contribution in [2.75, 3.05) is 62.7 Å². The van der Waals surface area contributed by atoms with Crippen LogP contribution in [0.2, 0.25) is 0 Å². The first-order valence-electron chi connectivity index (χ1n) is 14.1. The summed E-state index contributed by atoms with van der Waals surface area (Å²) in [7, 11) is 0. The van der Waals surface area contributed by atoms with Crippen LogP contribution in [0.5, 0.6) is 0 Å². The van der Waals surface area contributed by atoms with E-state index < -0.39 is 0 Å². The molecule has 2 saturated heterocycles. The molecule has 2 amide bonds. The molecule has 2 aliphatic heterocycles. The van der Waals surface area contributed by atoms with Crippen molar-refractivity contribution in [2.45, 2.75) is 0 Å². The fraction of sp³-hybridized carbons (Fsp3) is 0.235. The molecule has 1 N–H and O–H groups in total. The van der Waals surface area contributed by atoms with Crippen LogP contribution in [-0.4, -0.2) is 73.3 Å². The molecule has 41 heavy (non-hydrogen) atoms. The smallest absolute Gasteiger partial charge is 0.321 e. The molecule has 0 aliphatic carbocycles. The third-order valence-corrected chi connectivity index (χ3v) is 7.74. The van der Waals surface area contributed by atoms with Crippen LogP contribution in [0.4, 0.5) is 16.2 Å². The molecule has 2 aliphatic rings. The summed E-state index contributed by atoms with van der Waals surface area (Å²) in [4.78, 5) is 19.2. The molecular formula is C34H36N4O2S. The van der Waals surface area contributed by atoms with Crippen LogP contribution >= 0.6 is 12.2 Å². The number of amides is 2. The van der Waals surface area contributed by atoms with E-state index in [1.807, 2.05) is 36.4 Å². The minimum absolute atomic E-state index is 0.0514. The maximum Gasteiger partial charge on any atom is 0.321 e. The van der Waals surface area contributed by atoms with Crippen molar-refractivity contribution in [3.63, 3.8) is 0 Å². The van der Waals surface area contributed by atoms with Crippen molar-refractivity contribution >= 4 is 34.6 Å². The van der Waals surface area contributed by atoms with Gasteiger partial charge in [0.1, 0.15) is 4.99 Å². The lowest BCUT2D eigenvalue weighted by Gasteiger charge is -2.37. The molecule has 0 unspecified atom stereocenters. The summed E-state index contributed by atoms with van der Waals surface area (Å²) in [6, 6.07) is 39.1. The number of ether oxygens (including phenoxy) is 1. The number of piperazine rings is 1. The molecule has 0 atom stereocenters. The van der Waals surface area contributed by atoms with Crippen molar-refractivity contribution < 1.29 is 9.53 Å². The second-order valence-corrected chi connectivity index (χ2v) is 10.3. The van der Waals surface area contributed by atoms with E-state index in [1.54, 1.807) is 4.90 Å². The lowest BCUT2D eigenvalue weighted by molar-refractivity contribution is 0.0564. The van der Waals surface area contributed by atoms with Gasteiger partial charge >= 0.3 is 6.03 Å². The standard InChI is InChI=1S/C23H22N2S.C11H14N2O2/c26-23(21-13-11-20(12-14-21)19-7-3-1-4-8-19)25-17-15-24(16-18-25)22-9-5-2-6-10-22;14-11(13-6-8-15-9-7-13)12-10-4-2-1-3-5-10/h1-14H,15-18H2;1-5H,6-9H2,(H,12,14). The first kappa shape index (κ1) is 28.3. The minimum Gasteiger partial charge on any atom is -0.378 e. The Morgan fingerprint density at radius 2 is 1.15 bits per heavy atom. The first-order chi connectivity index (χ1) is 20.2. The Balaban J connectivity index is 0.000000191. The summed E-state index contributed by atoms with van der Waals surface area (Å²) in [5.74, 6) is 0. The Hall–Kier alpha value is -4.20. The van der Waals surface area contributed by atoms with Crippen molar-refractivity contribution in [1.29, 1.82) is 0 Å². The molecule has 0 saturated carbocycles. The summed E-state index contributed by atoms with van der Waals surface area (Å²) in [6.45, 7) is 6.53. The zero-order valence-corrected chi connectivity index (χ0v) is 24.0. The molecule has 4 aromatic rings. The van der Waals surface area contributed by atoms with Crippen LogP contribution in [0, 0.1) is 0 Å². The number of benzene rings is 4. The Kier molecular flexibility index (Phi) is 9.98. The van der Waals surface area contributed by atoms with Gasteiger partial charge in [-0.3, -0.25) is 0 Å². The molecule has 2 fully saturated rings. The molecule has 4 aromatic carbocycles.